The number of hydrogen-bond acceptors (Lipinski definition) is 6. The van der Waals surface area contributed by atoms with Crippen LogP contribution in [0.4, 0.5) is 0 Å². The van der Waals surface area contributed by atoms with E-state index >= 15 is 0 Å². The van der Waals surface area contributed by atoms with Gasteiger partial charge in [-0.2, -0.15) is 4.98 Å². The van der Waals surface area contributed by atoms with Crippen LogP contribution in [0.5, 0.6) is 0 Å². The molecule has 1 aliphatic carbocycles. The zero-order valence-corrected chi connectivity index (χ0v) is 16.4. The van der Waals surface area contributed by atoms with Crippen LogP contribution >= 0.6 is 12.4 Å². The summed E-state index contributed by atoms with van der Waals surface area (Å²) in [4.78, 5) is 27.9. The van der Waals surface area contributed by atoms with Crippen LogP contribution in [0.3, 0.4) is 0 Å². The first-order valence-electron chi connectivity index (χ1n) is 9.09. The first kappa shape index (κ1) is 22.4. The Labute approximate surface area is 160 Å². The molecule has 0 atom stereocenters. The predicted molar refractivity (Wildman–Crippen MR) is 100 cm³/mol. The van der Waals surface area contributed by atoms with Crippen molar-refractivity contribution in [1.29, 1.82) is 0 Å². The second-order valence-electron chi connectivity index (χ2n) is 6.64. The topological polar surface area (TPSA) is 109 Å². The third-order valence-electron chi connectivity index (χ3n) is 4.53. The van der Waals surface area contributed by atoms with Crippen molar-refractivity contribution in [3.63, 3.8) is 0 Å². The van der Waals surface area contributed by atoms with Crippen LogP contribution in [-0.4, -0.2) is 42.1 Å². The molecule has 148 valence electrons. The Morgan fingerprint density at radius 1 is 1.15 bits per heavy atom. The van der Waals surface area contributed by atoms with Gasteiger partial charge in [0.05, 0.1) is 0 Å². The molecule has 0 radical (unpaired) electrons. The average Bonchev–Trinajstić information content (AvgIpc) is 2.93. The molecule has 26 heavy (non-hydrogen) atoms. The van der Waals surface area contributed by atoms with Gasteiger partial charge < -0.3 is 20.5 Å². The van der Waals surface area contributed by atoms with E-state index in [1.165, 1.54) is 6.92 Å². The normalized spacial score (nSPS) is 16.2. The molecule has 0 aliphatic heterocycles. The molecule has 0 saturated heterocycles. The van der Waals surface area contributed by atoms with E-state index in [4.69, 9.17) is 4.52 Å². The Morgan fingerprint density at radius 2 is 1.85 bits per heavy atom. The minimum atomic E-state index is -0.543. The van der Waals surface area contributed by atoms with E-state index in [2.05, 4.69) is 26.1 Å². The van der Waals surface area contributed by atoms with E-state index in [1.807, 2.05) is 7.05 Å². The molecule has 0 spiro atoms. The fraction of sp³-hybridized carbons (Fsp3) is 0.765. The van der Waals surface area contributed by atoms with Crippen LogP contribution in [-0.2, 0) is 21.5 Å². The Bertz CT molecular complexity index is 570. The fourth-order valence-electron chi connectivity index (χ4n) is 3.26. The van der Waals surface area contributed by atoms with E-state index in [1.54, 1.807) is 0 Å². The van der Waals surface area contributed by atoms with Crippen LogP contribution < -0.4 is 16.0 Å². The molecule has 0 aromatic carbocycles. The van der Waals surface area contributed by atoms with Gasteiger partial charge in [0.1, 0.15) is 5.54 Å². The zero-order chi connectivity index (χ0) is 18.1. The third-order valence-corrected chi connectivity index (χ3v) is 4.53. The number of amides is 2. The van der Waals surface area contributed by atoms with Crippen molar-refractivity contribution in [2.45, 2.75) is 63.8 Å². The predicted octanol–water partition coefficient (Wildman–Crippen LogP) is 1.45. The monoisotopic (exact) mass is 387 g/mol. The van der Waals surface area contributed by atoms with Gasteiger partial charge in [-0.3, -0.25) is 9.59 Å². The lowest BCUT2D eigenvalue weighted by molar-refractivity contribution is -0.122. The van der Waals surface area contributed by atoms with Crippen molar-refractivity contribution in [2.75, 3.05) is 20.1 Å². The number of aromatic nitrogens is 2. The maximum Gasteiger partial charge on any atom is 0.227 e. The molecule has 2 amide bonds. The lowest BCUT2D eigenvalue weighted by Crippen LogP contribution is -2.45. The van der Waals surface area contributed by atoms with Crippen molar-refractivity contribution in [3.05, 3.63) is 11.7 Å². The Kier molecular flexibility index (Phi) is 9.58. The molecule has 1 aromatic heterocycles. The van der Waals surface area contributed by atoms with Gasteiger partial charge in [0, 0.05) is 32.9 Å². The summed E-state index contributed by atoms with van der Waals surface area (Å²) in [6, 6.07) is 0. The van der Waals surface area contributed by atoms with E-state index in [0.29, 0.717) is 31.1 Å². The van der Waals surface area contributed by atoms with Gasteiger partial charge in [0.2, 0.25) is 17.7 Å². The summed E-state index contributed by atoms with van der Waals surface area (Å²) in [5.41, 5.74) is -0.543. The van der Waals surface area contributed by atoms with Gasteiger partial charge in [0.15, 0.2) is 5.82 Å². The van der Waals surface area contributed by atoms with Crippen molar-refractivity contribution < 1.29 is 14.1 Å². The first-order valence-corrected chi connectivity index (χ1v) is 9.09. The number of hydrogen-bond donors (Lipinski definition) is 3. The van der Waals surface area contributed by atoms with Gasteiger partial charge in [-0.15, -0.1) is 12.4 Å². The number of likely N-dealkylation sites (N-methyl/N-ethyl adjacent to an activating group) is 1. The number of carbonyl (C=O) groups excluding carboxylic acids is 2. The zero-order valence-electron chi connectivity index (χ0n) is 15.6. The Morgan fingerprint density at radius 3 is 2.46 bits per heavy atom. The molecule has 3 N–H and O–H groups in total. The highest BCUT2D eigenvalue weighted by molar-refractivity contribution is 5.85. The Balaban J connectivity index is 0.00000338. The minimum absolute atomic E-state index is 0. The van der Waals surface area contributed by atoms with Crippen molar-refractivity contribution in [1.82, 2.24) is 26.1 Å². The lowest BCUT2D eigenvalue weighted by Gasteiger charge is -2.30. The lowest BCUT2D eigenvalue weighted by atomic mass is 9.89. The number of nitrogens with zero attached hydrogens (tertiary/aromatic N) is 2. The maximum atomic E-state index is 11.8. The minimum Gasteiger partial charge on any atom is -0.355 e. The molecule has 1 heterocycles. The van der Waals surface area contributed by atoms with E-state index in [9.17, 15) is 9.59 Å². The Hall–Kier alpha value is -1.67. The van der Waals surface area contributed by atoms with Crippen LogP contribution in [0.1, 0.15) is 63.6 Å². The standard InChI is InChI=1S/C17H29N5O3.ClH/c1-13(23)21-17(9-5-3-4-6-10-17)16-20-15(25-22-16)8-7-14(24)19-12-11-18-2;/h18H,3-12H2,1-2H3,(H,19,24)(H,21,23);1H. The number of nitrogens with one attached hydrogen (secondary N) is 3. The summed E-state index contributed by atoms with van der Waals surface area (Å²) in [6.45, 7) is 2.84. The first-order chi connectivity index (χ1) is 12.1. The SMILES string of the molecule is CNCCNC(=O)CCc1nc(C2(NC(C)=O)CCCCCC2)no1.Cl. The molecule has 9 heteroatoms. The summed E-state index contributed by atoms with van der Waals surface area (Å²) < 4.78 is 5.34. The highest BCUT2D eigenvalue weighted by atomic mass is 35.5. The molecule has 1 fully saturated rings. The smallest absolute Gasteiger partial charge is 0.227 e. The van der Waals surface area contributed by atoms with Gasteiger partial charge in [-0.25, -0.2) is 0 Å². The van der Waals surface area contributed by atoms with Gasteiger partial charge in [-0.05, 0) is 19.9 Å². The molecular weight excluding hydrogens is 358 g/mol. The number of rotatable bonds is 8. The van der Waals surface area contributed by atoms with Crippen molar-refractivity contribution in [3.8, 4) is 0 Å². The third kappa shape index (κ3) is 6.57. The molecule has 8 nitrogen and oxygen atoms in total. The van der Waals surface area contributed by atoms with Gasteiger partial charge >= 0.3 is 0 Å². The average molecular weight is 388 g/mol. The van der Waals surface area contributed by atoms with Crippen molar-refractivity contribution in [2.24, 2.45) is 0 Å². The van der Waals surface area contributed by atoms with Crippen LogP contribution in [0.25, 0.3) is 0 Å². The summed E-state index contributed by atoms with van der Waals surface area (Å²) in [6.07, 6.45) is 6.69. The number of aryl methyl sites for hydroxylation is 1. The molecule has 1 aliphatic rings. The second kappa shape index (κ2) is 11.1. The summed E-state index contributed by atoms with van der Waals surface area (Å²) >= 11 is 0. The van der Waals surface area contributed by atoms with E-state index < -0.39 is 5.54 Å². The van der Waals surface area contributed by atoms with Crippen molar-refractivity contribution >= 4 is 24.2 Å². The fourth-order valence-corrected chi connectivity index (χ4v) is 3.26. The summed E-state index contributed by atoms with van der Waals surface area (Å²) in [7, 11) is 1.84. The number of halogens is 1. The van der Waals surface area contributed by atoms with Crippen LogP contribution in [0.2, 0.25) is 0 Å². The van der Waals surface area contributed by atoms with E-state index in [-0.39, 0.29) is 24.2 Å². The molecular formula is C17H30ClN5O3. The van der Waals surface area contributed by atoms with Crippen LogP contribution in [0.15, 0.2) is 4.52 Å². The van der Waals surface area contributed by atoms with E-state index in [0.717, 1.165) is 45.1 Å². The highest BCUT2D eigenvalue weighted by Crippen LogP contribution is 2.34. The molecule has 1 saturated carbocycles. The summed E-state index contributed by atoms with van der Waals surface area (Å²) in [5, 5.41) is 13.0. The van der Waals surface area contributed by atoms with Gasteiger partial charge in [0.25, 0.3) is 0 Å². The summed E-state index contributed by atoms with van der Waals surface area (Å²) in [5.74, 6) is 0.848. The highest BCUT2D eigenvalue weighted by Gasteiger charge is 2.38. The van der Waals surface area contributed by atoms with Gasteiger partial charge in [-0.1, -0.05) is 30.8 Å². The maximum absolute atomic E-state index is 11.8. The largest absolute Gasteiger partial charge is 0.355 e. The quantitative estimate of drug-likeness (QED) is 0.460. The second-order valence-corrected chi connectivity index (χ2v) is 6.64. The molecule has 0 unspecified atom stereocenters. The number of carbonyl (C=O) groups is 2. The molecule has 0 bridgehead atoms. The molecule has 1 aromatic rings. The molecule has 2 rings (SSSR count). The van der Waals surface area contributed by atoms with Crippen LogP contribution in [0, 0.1) is 0 Å².